The number of carbonyl (C=O) groups excluding carboxylic acids is 1. The number of rotatable bonds is 8. The zero-order valence-electron chi connectivity index (χ0n) is 20.3. The molecule has 5 heteroatoms. The SMILES string of the molecule is Cc1ccccc1C(=O)c1sc2cc(O)ccc2c1-c1ccc(OCCCN2CC[C@@H](C)C2)cc1. The molecule has 1 aliphatic rings. The summed E-state index contributed by atoms with van der Waals surface area (Å²) in [7, 11) is 0. The Kier molecular flexibility index (Phi) is 6.89. The summed E-state index contributed by atoms with van der Waals surface area (Å²) in [6.07, 6.45) is 2.32. The van der Waals surface area contributed by atoms with Gasteiger partial charge < -0.3 is 14.7 Å². The third-order valence-corrected chi connectivity index (χ3v) is 7.96. The maximum absolute atomic E-state index is 13.6. The van der Waals surface area contributed by atoms with Crippen LogP contribution in [0.1, 0.15) is 40.6 Å². The molecule has 0 unspecified atom stereocenters. The number of aryl methyl sites for hydroxylation is 1. The molecule has 0 amide bonds. The smallest absolute Gasteiger partial charge is 0.203 e. The van der Waals surface area contributed by atoms with Gasteiger partial charge >= 0.3 is 0 Å². The van der Waals surface area contributed by atoms with Crippen LogP contribution in [0.4, 0.5) is 0 Å². The Morgan fingerprint density at radius 2 is 1.91 bits per heavy atom. The van der Waals surface area contributed by atoms with Gasteiger partial charge in [-0.1, -0.05) is 43.3 Å². The van der Waals surface area contributed by atoms with Gasteiger partial charge in [0, 0.05) is 34.3 Å². The third-order valence-electron chi connectivity index (χ3n) is 6.81. The predicted octanol–water partition coefficient (Wildman–Crippen LogP) is 6.92. The minimum Gasteiger partial charge on any atom is -0.508 e. The first kappa shape index (κ1) is 23.6. The van der Waals surface area contributed by atoms with E-state index in [2.05, 4.69) is 11.8 Å². The second-order valence-corrected chi connectivity index (χ2v) is 10.6. The molecule has 5 rings (SSSR count). The molecule has 2 heterocycles. The topological polar surface area (TPSA) is 49.8 Å². The van der Waals surface area contributed by atoms with Crippen LogP contribution in [0.15, 0.2) is 66.7 Å². The molecular weight excluding hydrogens is 454 g/mol. The fourth-order valence-corrected chi connectivity index (χ4v) is 6.12. The van der Waals surface area contributed by atoms with Crippen molar-refractivity contribution < 1.29 is 14.6 Å². The standard InChI is InChI=1S/C30H31NO3S/c1-20-14-16-31(19-20)15-5-17-34-24-11-8-22(9-12-24)28-26-13-10-23(32)18-27(26)35-30(28)29(33)25-7-4-3-6-21(25)2/h3-4,6-13,18,20,32H,5,14-17,19H2,1-2H3/t20-/m1/s1. The number of fused-ring (bicyclic) bond motifs is 1. The maximum atomic E-state index is 13.6. The van der Waals surface area contributed by atoms with Crippen LogP contribution < -0.4 is 4.74 Å². The van der Waals surface area contributed by atoms with Crippen molar-refractivity contribution in [1.29, 1.82) is 0 Å². The Labute approximate surface area is 210 Å². The summed E-state index contributed by atoms with van der Waals surface area (Å²) in [4.78, 5) is 16.8. The molecule has 0 bridgehead atoms. The average Bonchev–Trinajstić information content (AvgIpc) is 3.45. The molecule has 1 aromatic heterocycles. The van der Waals surface area contributed by atoms with E-state index >= 15 is 0 Å². The van der Waals surface area contributed by atoms with Crippen LogP contribution in [0.25, 0.3) is 21.2 Å². The van der Waals surface area contributed by atoms with E-state index in [1.54, 1.807) is 12.1 Å². The number of likely N-dealkylation sites (tertiary alicyclic amines) is 1. The van der Waals surface area contributed by atoms with Gasteiger partial charge in [-0.05, 0) is 73.7 Å². The van der Waals surface area contributed by atoms with Gasteiger partial charge in [0.05, 0.1) is 11.5 Å². The zero-order chi connectivity index (χ0) is 24.4. The van der Waals surface area contributed by atoms with Gasteiger partial charge in [-0.3, -0.25) is 4.79 Å². The van der Waals surface area contributed by atoms with E-state index in [1.807, 2.05) is 61.5 Å². The van der Waals surface area contributed by atoms with Crippen LogP contribution in [0.5, 0.6) is 11.5 Å². The molecule has 1 N–H and O–H groups in total. The molecule has 1 atom stereocenters. The summed E-state index contributed by atoms with van der Waals surface area (Å²) in [5, 5.41) is 11.0. The van der Waals surface area contributed by atoms with Crippen LogP contribution in [0.2, 0.25) is 0 Å². The van der Waals surface area contributed by atoms with Gasteiger partial charge in [-0.25, -0.2) is 0 Å². The number of ketones is 1. The molecule has 180 valence electrons. The van der Waals surface area contributed by atoms with E-state index in [-0.39, 0.29) is 11.5 Å². The molecule has 35 heavy (non-hydrogen) atoms. The first-order chi connectivity index (χ1) is 17.0. The second-order valence-electron chi connectivity index (χ2n) is 9.55. The third kappa shape index (κ3) is 5.12. The van der Waals surface area contributed by atoms with Gasteiger partial charge in [-0.2, -0.15) is 0 Å². The minimum atomic E-state index is 0.00958. The molecule has 1 saturated heterocycles. The largest absolute Gasteiger partial charge is 0.508 e. The van der Waals surface area contributed by atoms with Crippen molar-refractivity contribution in [2.45, 2.75) is 26.7 Å². The lowest BCUT2D eigenvalue weighted by Gasteiger charge is -2.15. The predicted molar refractivity (Wildman–Crippen MR) is 144 cm³/mol. The number of benzene rings is 3. The van der Waals surface area contributed by atoms with Crippen molar-refractivity contribution >= 4 is 27.2 Å². The van der Waals surface area contributed by atoms with Gasteiger partial charge in [0.25, 0.3) is 0 Å². The molecule has 0 radical (unpaired) electrons. The van der Waals surface area contributed by atoms with Crippen molar-refractivity contribution in [2.24, 2.45) is 5.92 Å². The molecule has 1 fully saturated rings. The Bertz CT molecular complexity index is 1340. The molecule has 3 aromatic carbocycles. The number of carbonyl (C=O) groups is 1. The van der Waals surface area contributed by atoms with Crippen molar-refractivity contribution in [3.05, 3.63) is 82.7 Å². The monoisotopic (exact) mass is 485 g/mol. The Morgan fingerprint density at radius 1 is 1.11 bits per heavy atom. The van der Waals surface area contributed by atoms with E-state index < -0.39 is 0 Å². The molecule has 4 nitrogen and oxygen atoms in total. The van der Waals surface area contributed by atoms with Gasteiger partial charge in [0.15, 0.2) is 0 Å². The molecule has 0 aliphatic carbocycles. The number of phenolic OH excluding ortho intramolecular Hbond substituents is 1. The highest BCUT2D eigenvalue weighted by Crippen LogP contribution is 2.41. The number of phenols is 1. The summed E-state index contributed by atoms with van der Waals surface area (Å²) in [6.45, 7) is 8.46. The average molecular weight is 486 g/mol. The van der Waals surface area contributed by atoms with E-state index in [0.717, 1.165) is 51.4 Å². The lowest BCUT2D eigenvalue weighted by atomic mass is 9.96. The molecule has 4 aromatic rings. The number of hydrogen-bond donors (Lipinski definition) is 1. The van der Waals surface area contributed by atoms with Crippen molar-refractivity contribution in [3.63, 3.8) is 0 Å². The molecular formula is C30H31NO3S. The van der Waals surface area contributed by atoms with Gasteiger partial charge in [0.1, 0.15) is 11.5 Å². The molecule has 1 aliphatic heterocycles. The quantitative estimate of drug-likeness (QED) is 0.217. The van der Waals surface area contributed by atoms with Crippen molar-refractivity contribution in [2.75, 3.05) is 26.2 Å². The highest BCUT2D eigenvalue weighted by Gasteiger charge is 2.22. The van der Waals surface area contributed by atoms with Crippen molar-refractivity contribution in [1.82, 2.24) is 4.90 Å². The first-order valence-electron chi connectivity index (χ1n) is 12.3. The number of aromatic hydroxyl groups is 1. The number of nitrogens with zero attached hydrogens (tertiary/aromatic N) is 1. The summed E-state index contributed by atoms with van der Waals surface area (Å²) in [5.74, 6) is 1.86. The second kappa shape index (κ2) is 10.2. The molecule has 0 saturated carbocycles. The first-order valence-corrected chi connectivity index (χ1v) is 13.1. The van der Waals surface area contributed by atoms with E-state index in [9.17, 15) is 9.90 Å². The van der Waals surface area contributed by atoms with Crippen LogP contribution in [0.3, 0.4) is 0 Å². The summed E-state index contributed by atoms with van der Waals surface area (Å²) in [6, 6.07) is 21.0. The fraction of sp³-hybridized carbons (Fsp3) is 0.300. The lowest BCUT2D eigenvalue weighted by molar-refractivity contribution is 0.104. The number of hydrogen-bond acceptors (Lipinski definition) is 5. The number of ether oxygens (including phenoxy) is 1. The van der Waals surface area contributed by atoms with Crippen molar-refractivity contribution in [3.8, 4) is 22.6 Å². The van der Waals surface area contributed by atoms with E-state index in [1.165, 1.54) is 30.8 Å². The van der Waals surface area contributed by atoms with Gasteiger partial charge in [-0.15, -0.1) is 11.3 Å². The summed E-state index contributed by atoms with van der Waals surface area (Å²) >= 11 is 1.43. The van der Waals surface area contributed by atoms with Gasteiger partial charge in [0.2, 0.25) is 5.78 Å². The summed E-state index contributed by atoms with van der Waals surface area (Å²) < 4.78 is 6.90. The van der Waals surface area contributed by atoms with E-state index in [0.29, 0.717) is 17.0 Å². The lowest BCUT2D eigenvalue weighted by Crippen LogP contribution is -2.22. The summed E-state index contributed by atoms with van der Waals surface area (Å²) in [5.41, 5.74) is 3.54. The maximum Gasteiger partial charge on any atom is 0.203 e. The van der Waals surface area contributed by atoms with Crippen LogP contribution in [-0.4, -0.2) is 42.0 Å². The van der Waals surface area contributed by atoms with Crippen LogP contribution in [-0.2, 0) is 0 Å². The van der Waals surface area contributed by atoms with E-state index in [4.69, 9.17) is 4.74 Å². The highest BCUT2D eigenvalue weighted by atomic mass is 32.1. The Balaban J connectivity index is 1.38. The Morgan fingerprint density at radius 3 is 2.66 bits per heavy atom. The zero-order valence-corrected chi connectivity index (χ0v) is 21.1. The van der Waals surface area contributed by atoms with Crippen LogP contribution >= 0.6 is 11.3 Å². The normalized spacial score (nSPS) is 16.1. The van der Waals surface area contributed by atoms with Crippen LogP contribution in [0, 0.1) is 12.8 Å². The Hall–Kier alpha value is -3.15. The highest BCUT2D eigenvalue weighted by molar-refractivity contribution is 7.21. The fourth-order valence-electron chi connectivity index (χ4n) is 4.91. The number of thiophene rings is 1. The minimum absolute atomic E-state index is 0.00958. The molecule has 0 spiro atoms.